The highest BCUT2D eigenvalue weighted by atomic mass is 16.6. The van der Waals surface area contributed by atoms with Crippen molar-refractivity contribution < 1.29 is 24.5 Å². The Labute approximate surface area is 197 Å². The number of carbonyl (C=O) groups is 2. The molecule has 0 aliphatic heterocycles. The van der Waals surface area contributed by atoms with E-state index in [0.29, 0.717) is 12.0 Å². The van der Waals surface area contributed by atoms with Crippen LogP contribution in [-0.2, 0) is 11.2 Å². The van der Waals surface area contributed by atoms with Crippen LogP contribution in [0.5, 0.6) is 11.5 Å². The van der Waals surface area contributed by atoms with Gasteiger partial charge in [-0.1, -0.05) is 89.1 Å². The first kappa shape index (κ1) is 26.2. The zero-order chi connectivity index (χ0) is 24.1. The van der Waals surface area contributed by atoms with Gasteiger partial charge in [-0.05, 0) is 30.5 Å². The first-order valence-electron chi connectivity index (χ1n) is 12.1. The molecule has 6 heteroatoms. The number of phenols is 2. The standard InChI is InChI=1S/C27H37NO5/c1-3-5-6-7-8-12-16-22(13-4-2)28-27(32)33-26(31)24-19-23(29)18-21(25(24)30)17-20-14-10-9-11-15-20/h9-11,14-15,18-19,22,29-30H,3-8,12-13,16-17H2,1-2H3,(H,28,32). The van der Waals surface area contributed by atoms with E-state index < -0.39 is 12.1 Å². The van der Waals surface area contributed by atoms with Crippen LogP contribution < -0.4 is 5.32 Å². The Kier molecular flexibility index (Phi) is 11.3. The molecular formula is C27H37NO5. The molecule has 0 bridgehead atoms. The van der Waals surface area contributed by atoms with Crippen LogP contribution in [0.4, 0.5) is 4.79 Å². The van der Waals surface area contributed by atoms with Gasteiger partial charge in [-0.25, -0.2) is 9.59 Å². The third-order valence-electron chi connectivity index (χ3n) is 5.68. The van der Waals surface area contributed by atoms with Gasteiger partial charge in [0.25, 0.3) is 0 Å². The summed E-state index contributed by atoms with van der Waals surface area (Å²) < 4.78 is 4.95. The van der Waals surface area contributed by atoms with Crippen LogP contribution in [0.2, 0.25) is 0 Å². The van der Waals surface area contributed by atoms with Gasteiger partial charge in [0.1, 0.15) is 17.1 Å². The number of amides is 1. The number of aromatic hydroxyl groups is 2. The molecule has 6 nitrogen and oxygen atoms in total. The van der Waals surface area contributed by atoms with Crippen LogP contribution in [0, 0.1) is 0 Å². The number of unbranched alkanes of at least 4 members (excludes halogenated alkanes) is 5. The monoisotopic (exact) mass is 455 g/mol. The second-order valence-corrected chi connectivity index (χ2v) is 8.53. The van der Waals surface area contributed by atoms with Crippen LogP contribution in [0.25, 0.3) is 0 Å². The SMILES string of the molecule is CCCCCCCCC(CCC)NC(=O)OC(=O)c1cc(O)cc(Cc2ccccc2)c1O. The summed E-state index contributed by atoms with van der Waals surface area (Å²) in [6.45, 7) is 4.24. The third-order valence-corrected chi connectivity index (χ3v) is 5.68. The molecule has 2 aromatic carbocycles. The number of alkyl carbamates (subject to hydrolysis) is 1. The summed E-state index contributed by atoms with van der Waals surface area (Å²) in [5.41, 5.74) is 1.05. The fraction of sp³-hybridized carbons (Fsp3) is 0.481. The van der Waals surface area contributed by atoms with Crippen molar-refractivity contribution in [1.82, 2.24) is 5.32 Å². The molecule has 2 aromatic rings. The molecule has 0 saturated carbocycles. The highest BCUT2D eigenvalue weighted by Crippen LogP contribution is 2.30. The topological polar surface area (TPSA) is 95.9 Å². The Morgan fingerprint density at radius 1 is 0.909 bits per heavy atom. The molecule has 2 rings (SSSR count). The first-order valence-corrected chi connectivity index (χ1v) is 12.1. The highest BCUT2D eigenvalue weighted by molar-refractivity contribution is 5.99. The quantitative estimate of drug-likeness (QED) is 0.139. The van der Waals surface area contributed by atoms with Crippen molar-refractivity contribution in [3.8, 4) is 11.5 Å². The molecule has 0 heterocycles. The zero-order valence-corrected chi connectivity index (χ0v) is 19.8. The molecule has 3 N–H and O–H groups in total. The predicted molar refractivity (Wildman–Crippen MR) is 130 cm³/mol. The summed E-state index contributed by atoms with van der Waals surface area (Å²) in [5.74, 6) is -1.48. The molecular weight excluding hydrogens is 418 g/mol. The van der Waals surface area contributed by atoms with Crippen molar-refractivity contribution in [2.75, 3.05) is 0 Å². The van der Waals surface area contributed by atoms with E-state index >= 15 is 0 Å². The maximum absolute atomic E-state index is 12.6. The zero-order valence-electron chi connectivity index (χ0n) is 19.8. The Balaban J connectivity index is 1.96. The molecule has 180 valence electrons. The lowest BCUT2D eigenvalue weighted by Crippen LogP contribution is -2.36. The van der Waals surface area contributed by atoms with E-state index in [-0.39, 0.29) is 23.1 Å². The van der Waals surface area contributed by atoms with E-state index in [9.17, 15) is 19.8 Å². The highest BCUT2D eigenvalue weighted by Gasteiger charge is 2.22. The molecule has 1 amide bonds. The molecule has 0 aromatic heterocycles. The van der Waals surface area contributed by atoms with E-state index in [1.165, 1.54) is 31.7 Å². The largest absolute Gasteiger partial charge is 0.508 e. The van der Waals surface area contributed by atoms with Crippen LogP contribution in [0.15, 0.2) is 42.5 Å². The van der Waals surface area contributed by atoms with E-state index in [2.05, 4.69) is 12.2 Å². The molecule has 0 aliphatic carbocycles. The normalized spacial score (nSPS) is 11.7. The van der Waals surface area contributed by atoms with Crippen molar-refractivity contribution in [1.29, 1.82) is 0 Å². The van der Waals surface area contributed by atoms with Crippen LogP contribution in [0.3, 0.4) is 0 Å². The second-order valence-electron chi connectivity index (χ2n) is 8.53. The number of hydrogen-bond donors (Lipinski definition) is 3. The summed E-state index contributed by atoms with van der Waals surface area (Å²) in [5, 5.41) is 23.4. The lowest BCUT2D eigenvalue weighted by atomic mass is 10.0. The molecule has 1 atom stereocenters. The fourth-order valence-corrected chi connectivity index (χ4v) is 3.93. The van der Waals surface area contributed by atoms with Crippen molar-refractivity contribution in [3.63, 3.8) is 0 Å². The maximum atomic E-state index is 12.6. The van der Waals surface area contributed by atoms with Crippen LogP contribution >= 0.6 is 0 Å². The molecule has 0 radical (unpaired) electrons. The van der Waals surface area contributed by atoms with Gasteiger partial charge in [-0.2, -0.15) is 0 Å². The summed E-state index contributed by atoms with van der Waals surface area (Å²) >= 11 is 0. The number of nitrogens with one attached hydrogen (secondary N) is 1. The number of benzene rings is 2. The second kappa shape index (κ2) is 14.2. The average molecular weight is 456 g/mol. The summed E-state index contributed by atoms with van der Waals surface area (Å²) in [4.78, 5) is 24.9. The molecule has 0 spiro atoms. The van der Waals surface area contributed by atoms with Crippen molar-refractivity contribution in [2.24, 2.45) is 0 Å². The summed E-state index contributed by atoms with van der Waals surface area (Å²) in [7, 11) is 0. The van der Waals surface area contributed by atoms with Gasteiger partial charge >= 0.3 is 12.1 Å². The van der Waals surface area contributed by atoms with Crippen molar-refractivity contribution >= 4 is 12.1 Å². The number of rotatable bonds is 13. The minimum atomic E-state index is -0.995. The third kappa shape index (κ3) is 9.16. The van der Waals surface area contributed by atoms with Gasteiger partial charge in [0, 0.05) is 18.0 Å². The van der Waals surface area contributed by atoms with E-state index in [1.54, 1.807) is 0 Å². The van der Waals surface area contributed by atoms with Gasteiger partial charge in [0.05, 0.1) is 0 Å². The van der Waals surface area contributed by atoms with Gasteiger partial charge < -0.3 is 20.3 Å². The van der Waals surface area contributed by atoms with E-state index in [1.807, 2.05) is 37.3 Å². The average Bonchev–Trinajstić information content (AvgIpc) is 2.79. The van der Waals surface area contributed by atoms with E-state index in [4.69, 9.17) is 4.74 Å². The predicted octanol–water partition coefficient (Wildman–Crippen LogP) is 6.47. The number of carbonyl (C=O) groups excluding carboxylic acids is 2. The van der Waals surface area contributed by atoms with Gasteiger partial charge in [0.2, 0.25) is 0 Å². The number of hydrogen-bond acceptors (Lipinski definition) is 5. The Hall–Kier alpha value is -3.02. The summed E-state index contributed by atoms with van der Waals surface area (Å²) in [6.07, 6.45) is 9.06. The molecule has 0 aliphatic rings. The van der Waals surface area contributed by atoms with Crippen molar-refractivity contribution in [3.05, 3.63) is 59.2 Å². The number of esters is 1. The molecule has 1 unspecified atom stereocenters. The molecule has 0 fully saturated rings. The Morgan fingerprint density at radius 3 is 2.30 bits per heavy atom. The lowest BCUT2D eigenvalue weighted by Gasteiger charge is -2.18. The minimum Gasteiger partial charge on any atom is -0.508 e. The van der Waals surface area contributed by atoms with Gasteiger partial charge in [-0.3, -0.25) is 0 Å². The molecule has 0 saturated heterocycles. The molecule has 33 heavy (non-hydrogen) atoms. The smallest absolute Gasteiger partial charge is 0.415 e. The van der Waals surface area contributed by atoms with Crippen LogP contribution in [0.1, 0.15) is 93.1 Å². The van der Waals surface area contributed by atoms with E-state index in [0.717, 1.165) is 43.7 Å². The maximum Gasteiger partial charge on any atom is 0.415 e. The number of phenolic OH excluding ortho intramolecular Hbond substituents is 2. The van der Waals surface area contributed by atoms with Crippen LogP contribution in [-0.4, -0.2) is 28.3 Å². The fourth-order valence-electron chi connectivity index (χ4n) is 3.93. The summed E-state index contributed by atoms with van der Waals surface area (Å²) in [6, 6.07) is 11.8. The first-order chi connectivity index (χ1) is 15.9. The Bertz CT molecular complexity index is 882. The number of ether oxygens (including phenoxy) is 1. The van der Waals surface area contributed by atoms with Gasteiger partial charge in [-0.15, -0.1) is 0 Å². The van der Waals surface area contributed by atoms with Crippen molar-refractivity contribution in [2.45, 2.75) is 84.1 Å². The Morgan fingerprint density at radius 2 is 1.61 bits per heavy atom. The minimum absolute atomic E-state index is 0.0621. The van der Waals surface area contributed by atoms with Gasteiger partial charge in [0.15, 0.2) is 0 Å². The lowest BCUT2D eigenvalue weighted by molar-refractivity contribution is 0.0612.